The quantitative estimate of drug-likeness (QED) is 0.336. The van der Waals surface area contributed by atoms with E-state index in [0.717, 1.165) is 49.2 Å². The van der Waals surface area contributed by atoms with E-state index in [9.17, 15) is 20.2 Å². The highest BCUT2D eigenvalue weighted by atomic mass is 16.6. The van der Waals surface area contributed by atoms with E-state index in [0.29, 0.717) is 11.3 Å². The first-order valence-electron chi connectivity index (χ1n) is 9.93. The lowest BCUT2D eigenvalue weighted by Crippen LogP contribution is -2.30. The molecule has 3 rings (SSSR count). The maximum atomic E-state index is 12.8. The molecule has 0 aliphatic carbocycles. The Morgan fingerprint density at radius 3 is 2.57 bits per heavy atom. The molecule has 0 atom stereocenters. The molecule has 2 aromatic carbocycles. The Morgan fingerprint density at radius 1 is 1.17 bits per heavy atom. The monoisotopic (exact) mass is 404 g/mol. The maximum Gasteiger partial charge on any atom is 0.270 e. The highest BCUT2D eigenvalue weighted by Crippen LogP contribution is 2.30. The molecule has 0 bridgehead atoms. The molecule has 30 heavy (non-hydrogen) atoms. The van der Waals surface area contributed by atoms with Crippen LogP contribution < -0.4 is 10.2 Å². The predicted molar refractivity (Wildman–Crippen MR) is 117 cm³/mol. The number of benzene rings is 2. The van der Waals surface area contributed by atoms with Gasteiger partial charge in [-0.1, -0.05) is 12.1 Å². The van der Waals surface area contributed by atoms with Gasteiger partial charge < -0.3 is 10.2 Å². The fourth-order valence-corrected chi connectivity index (χ4v) is 3.56. The van der Waals surface area contributed by atoms with Gasteiger partial charge in [0.1, 0.15) is 11.6 Å². The van der Waals surface area contributed by atoms with Crippen LogP contribution in [0, 0.1) is 35.3 Å². The zero-order chi connectivity index (χ0) is 21.7. The molecular weight excluding hydrogens is 380 g/mol. The van der Waals surface area contributed by atoms with Crippen molar-refractivity contribution in [3.05, 3.63) is 68.8 Å². The number of carbonyl (C=O) groups is 1. The highest BCUT2D eigenvalue weighted by Gasteiger charge is 2.19. The summed E-state index contributed by atoms with van der Waals surface area (Å²) >= 11 is 0. The molecule has 0 radical (unpaired) electrons. The van der Waals surface area contributed by atoms with Gasteiger partial charge in [-0.2, -0.15) is 5.26 Å². The maximum absolute atomic E-state index is 12.8. The van der Waals surface area contributed by atoms with E-state index < -0.39 is 10.8 Å². The molecular formula is C23H24N4O3. The molecule has 1 amide bonds. The third-order valence-corrected chi connectivity index (χ3v) is 5.22. The van der Waals surface area contributed by atoms with Crippen LogP contribution in [0.1, 0.15) is 36.0 Å². The van der Waals surface area contributed by atoms with Gasteiger partial charge in [-0.3, -0.25) is 14.9 Å². The second-order valence-electron chi connectivity index (χ2n) is 7.49. The smallest absolute Gasteiger partial charge is 0.270 e. The molecule has 0 saturated carbocycles. The molecule has 2 aromatic rings. The first-order chi connectivity index (χ1) is 14.4. The molecule has 1 saturated heterocycles. The summed E-state index contributed by atoms with van der Waals surface area (Å²) in [6, 6.07) is 12.2. The summed E-state index contributed by atoms with van der Waals surface area (Å²) in [6.07, 6.45) is 4.67. The van der Waals surface area contributed by atoms with E-state index in [-0.39, 0.29) is 11.3 Å². The topological polar surface area (TPSA) is 99.3 Å². The van der Waals surface area contributed by atoms with Gasteiger partial charge in [0.2, 0.25) is 0 Å². The summed E-state index contributed by atoms with van der Waals surface area (Å²) in [6.45, 7) is 5.48. The lowest BCUT2D eigenvalue weighted by molar-refractivity contribution is -0.384. The van der Waals surface area contributed by atoms with E-state index in [1.807, 2.05) is 38.1 Å². The first-order valence-corrected chi connectivity index (χ1v) is 9.93. The van der Waals surface area contributed by atoms with Gasteiger partial charge in [0.25, 0.3) is 11.6 Å². The number of nitrogens with one attached hydrogen (secondary N) is 1. The molecule has 1 fully saturated rings. The lowest BCUT2D eigenvalue weighted by Gasteiger charge is -2.30. The van der Waals surface area contributed by atoms with Gasteiger partial charge in [0, 0.05) is 42.2 Å². The second-order valence-corrected chi connectivity index (χ2v) is 7.49. The van der Waals surface area contributed by atoms with Crippen molar-refractivity contribution in [2.24, 2.45) is 0 Å². The summed E-state index contributed by atoms with van der Waals surface area (Å²) in [4.78, 5) is 25.7. The highest BCUT2D eigenvalue weighted by molar-refractivity contribution is 6.10. The van der Waals surface area contributed by atoms with Crippen LogP contribution in [0.25, 0.3) is 6.08 Å². The van der Waals surface area contributed by atoms with Crippen molar-refractivity contribution in [2.75, 3.05) is 23.3 Å². The number of non-ortho nitro benzene ring substituents is 1. The predicted octanol–water partition coefficient (Wildman–Crippen LogP) is 4.75. The van der Waals surface area contributed by atoms with Gasteiger partial charge in [0.15, 0.2) is 0 Å². The van der Waals surface area contributed by atoms with Crippen LogP contribution in [-0.2, 0) is 4.79 Å². The molecule has 0 aromatic heterocycles. The zero-order valence-electron chi connectivity index (χ0n) is 17.1. The van der Waals surface area contributed by atoms with Crippen LogP contribution >= 0.6 is 0 Å². The van der Waals surface area contributed by atoms with Crippen LogP contribution in [0.3, 0.4) is 0 Å². The largest absolute Gasteiger partial charge is 0.371 e. The van der Waals surface area contributed by atoms with Crippen LogP contribution in [0.15, 0.2) is 42.0 Å². The third-order valence-electron chi connectivity index (χ3n) is 5.22. The van der Waals surface area contributed by atoms with Crippen molar-refractivity contribution in [3.8, 4) is 6.07 Å². The van der Waals surface area contributed by atoms with Gasteiger partial charge >= 0.3 is 0 Å². The normalized spacial score (nSPS) is 14.2. The molecule has 154 valence electrons. The fourth-order valence-electron chi connectivity index (χ4n) is 3.56. The number of rotatable bonds is 5. The molecule has 7 heteroatoms. The number of anilines is 2. The van der Waals surface area contributed by atoms with E-state index in [1.54, 1.807) is 6.07 Å². The number of amides is 1. The number of nitriles is 1. The van der Waals surface area contributed by atoms with E-state index in [2.05, 4.69) is 10.2 Å². The minimum atomic E-state index is -0.540. The second kappa shape index (κ2) is 9.23. The van der Waals surface area contributed by atoms with E-state index >= 15 is 0 Å². The van der Waals surface area contributed by atoms with Crippen molar-refractivity contribution in [1.82, 2.24) is 0 Å². The minimum Gasteiger partial charge on any atom is -0.371 e. The van der Waals surface area contributed by atoms with Crippen LogP contribution in [0.4, 0.5) is 17.1 Å². The molecule has 1 aliphatic heterocycles. The number of carbonyl (C=O) groups excluding carboxylic acids is 1. The van der Waals surface area contributed by atoms with Crippen molar-refractivity contribution in [3.63, 3.8) is 0 Å². The van der Waals surface area contributed by atoms with Gasteiger partial charge in [0.05, 0.1) is 4.92 Å². The van der Waals surface area contributed by atoms with Crippen LogP contribution in [0.2, 0.25) is 0 Å². The average molecular weight is 404 g/mol. The number of aryl methyl sites for hydroxylation is 2. The zero-order valence-corrected chi connectivity index (χ0v) is 17.1. The molecule has 1 N–H and O–H groups in total. The molecule has 1 heterocycles. The molecule has 0 spiro atoms. The summed E-state index contributed by atoms with van der Waals surface area (Å²) in [5.41, 5.74) is 3.63. The summed E-state index contributed by atoms with van der Waals surface area (Å²) in [7, 11) is 0. The molecule has 7 nitrogen and oxygen atoms in total. The Balaban J connectivity index is 1.97. The first kappa shape index (κ1) is 21.1. The average Bonchev–Trinajstić information content (AvgIpc) is 2.75. The lowest BCUT2D eigenvalue weighted by atomic mass is 10.0. The summed E-state index contributed by atoms with van der Waals surface area (Å²) in [5, 5.41) is 23.7. The van der Waals surface area contributed by atoms with E-state index in [4.69, 9.17) is 0 Å². The molecule has 0 unspecified atom stereocenters. The number of hydrogen-bond acceptors (Lipinski definition) is 5. The van der Waals surface area contributed by atoms with Crippen LogP contribution in [-0.4, -0.2) is 23.9 Å². The Labute approximate surface area is 175 Å². The van der Waals surface area contributed by atoms with Crippen molar-refractivity contribution in [2.45, 2.75) is 33.1 Å². The Hall–Kier alpha value is -3.66. The number of nitro groups is 1. The number of hydrogen-bond donors (Lipinski definition) is 1. The third kappa shape index (κ3) is 4.84. The number of nitro benzene ring substituents is 1. The van der Waals surface area contributed by atoms with Gasteiger partial charge in [-0.15, -0.1) is 0 Å². The Morgan fingerprint density at radius 2 is 1.90 bits per heavy atom. The van der Waals surface area contributed by atoms with Crippen molar-refractivity contribution >= 4 is 29.0 Å². The Bertz CT molecular complexity index is 1050. The van der Waals surface area contributed by atoms with Crippen LogP contribution in [0.5, 0.6) is 0 Å². The van der Waals surface area contributed by atoms with Crippen molar-refractivity contribution in [1.29, 1.82) is 5.26 Å². The number of nitrogens with zero attached hydrogens (tertiary/aromatic N) is 3. The van der Waals surface area contributed by atoms with Gasteiger partial charge in [-0.05, 0) is 62.4 Å². The minimum absolute atomic E-state index is 0.0748. The molecule has 1 aliphatic rings. The number of piperidine rings is 1. The standard InChI is InChI=1S/C23H24N4O3/c1-16-6-7-17(2)21(12-16)25-23(28)19(15-24)13-18-14-20(27(29)30)8-9-22(18)26-10-4-3-5-11-26/h6-9,12-14H,3-5,10-11H2,1-2H3,(H,25,28)/b19-13+. The SMILES string of the molecule is Cc1ccc(C)c(NC(=O)/C(C#N)=C/c2cc([N+](=O)[O-])ccc2N2CCCCC2)c1. The Kier molecular flexibility index (Phi) is 6.48. The summed E-state index contributed by atoms with van der Waals surface area (Å²) < 4.78 is 0. The summed E-state index contributed by atoms with van der Waals surface area (Å²) in [5.74, 6) is -0.540. The van der Waals surface area contributed by atoms with E-state index in [1.165, 1.54) is 18.2 Å². The fraction of sp³-hybridized carbons (Fsp3) is 0.304. The van der Waals surface area contributed by atoms with Gasteiger partial charge in [-0.25, -0.2) is 0 Å². The van der Waals surface area contributed by atoms with Crippen molar-refractivity contribution < 1.29 is 9.72 Å².